The van der Waals surface area contributed by atoms with Crippen molar-refractivity contribution >= 4 is 11.2 Å². The van der Waals surface area contributed by atoms with E-state index in [4.69, 9.17) is 5.73 Å². The molecule has 0 amide bonds. The van der Waals surface area contributed by atoms with Crippen LogP contribution in [0, 0.1) is 0 Å². The first-order valence-corrected chi connectivity index (χ1v) is 6.13. The van der Waals surface area contributed by atoms with Crippen LogP contribution in [0.4, 0.5) is 0 Å². The van der Waals surface area contributed by atoms with Crippen molar-refractivity contribution in [3.8, 4) is 0 Å². The third kappa shape index (κ3) is 1.75. The van der Waals surface area contributed by atoms with Gasteiger partial charge in [0.1, 0.15) is 17.5 Å². The third-order valence-electron chi connectivity index (χ3n) is 3.64. The van der Waals surface area contributed by atoms with Crippen molar-refractivity contribution in [2.45, 2.75) is 24.9 Å². The summed E-state index contributed by atoms with van der Waals surface area (Å²) in [7, 11) is 3.97. The number of hydrogen-bond acceptors (Lipinski definition) is 6. The minimum atomic E-state index is 0.217. The van der Waals surface area contributed by atoms with Gasteiger partial charge in [-0.1, -0.05) is 0 Å². The molecule has 7 heteroatoms. The second kappa shape index (κ2) is 4.25. The lowest BCUT2D eigenvalue weighted by atomic mass is 9.96. The number of aromatic nitrogens is 5. The van der Waals surface area contributed by atoms with Crippen LogP contribution in [-0.2, 0) is 7.05 Å². The molecule has 1 saturated heterocycles. The average molecular weight is 247 g/mol. The molecule has 96 valence electrons. The van der Waals surface area contributed by atoms with Gasteiger partial charge in [-0.3, -0.25) is 4.90 Å². The lowest BCUT2D eigenvalue weighted by Crippen LogP contribution is -2.40. The molecule has 2 unspecified atom stereocenters. The van der Waals surface area contributed by atoms with Gasteiger partial charge in [-0.15, -0.1) is 10.2 Å². The molecular weight excluding hydrogens is 230 g/mol. The zero-order chi connectivity index (χ0) is 12.7. The molecule has 7 nitrogen and oxygen atoms in total. The summed E-state index contributed by atoms with van der Waals surface area (Å²) in [6, 6.07) is 0.451. The van der Waals surface area contributed by atoms with Crippen LogP contribution < -0.4 is 5.73 Å². The summed E-state index contributed by atoms with van der Waals surface area (Å²) in [5.41, 5.74) is 8.58. The summed E-state index contributed by atoms with van der Waals surface area (Å²) in [5.74, 6) is 0. The number of fused-ring (bicyclic) bond motifs is 1. The van der Waals surface area contributed by atoms with Crippen LogP contribution in [0.25, 0.3) is 11.2 Å². The second-order valence-electron chi connectivity index (χ2n) is 4.92. The second-order valence-corrected chi connectivity index (χ2v) is 4.92. The van der Waals surface area contributed by atoms with Gasteiger partial charge in [0.05, 0.1) is 6.04 Å². The predicted octanol–water partition coefficient (Wildman–Crippen LogP) is -0.148. The molecule has 0 saturated carbocycles. The summed E-state index contributed by atoms with van der Waals surface area (Å²) < 4.78 is 1.73. The lowest BCUT2D eigenvalue weighted by Gasteiger charge is -2.34. The van der Waals surface area contributed by atoms with Crippen LogP contribution in [0.3, 0.4) is 0 Å². The van der Waals surface area contributed by atoms with Gasteiger partial charge in [0.2, 0.25) is 0 Å². The molecule has 1 fully saturated rings. The van der Waals surface area contributed by atoms with E-state index < -0.39 is 0 Å². The Balaban J connectivity index is 2.08. The quantitative estimate of drug-likeness (QED) is 0.754. The molecule has 0 aromatic carbocycles. The smallest absolute Gasteiger partial charge is 0.199 e. The molecule has 3 rings (SSSR count). The van der Waals surface area contributed by atoms with Crippen LogP contribution in [0.1, 0.15) is 24.6 Å². The number of likely N-dealkylation sites (tertiary alicyclic amines) is 1. The molecule has 3 heterocycles. The maximum absolute atomic E-state index is 6.07. The first-order valence-electron chi connectivity index (χ1n) is 6.13. The summed E-state index contributed by atoms with van der Waals surface area (Å²) in [6.07, 6.45) is 3.41. The van der Waals surface area contributed by atoms with Gasteiger partial charge in [0, 0.05) is 13.1 Å². The van der Waals surface area contributed by atoms with E-state index in [-0.39, 0.29) is 12.1 Å². The molecule has 2 aromatic heterocycles. The van der Waals surface area contributed by atoms with Crippen molar-refractivity contribution in [2.75, 3.05) is 13.6 Å². The monoisotopic (exact) mass is 247 g/mol. The van der Waals surface area contributed by atoms with E-state index in [2.05, 4.69) is 32.2 Å². The van der Waals surface area contributed by atoms with Crippen molar-refractivity contribution < 1.29 is 0 Å². The molecule has 2 aromatic rings. The van der Waals surface area contributed by atoms with E-state index in [1.54, 1.807) is 4.68 Å². The Morgan fingerprint density at radius 1 is 1.39 bits per heavy atom. The van der Waals surface area contributed by atoms with Gasteiger partial charge in [0.15, 0.2) is 5.65 Å². The SMILES string of the molecule is CN1CCC(N)CC1c1nn(C)c2nncnc12. The first kappa shape index (κ1) is 11.5. The van der Waals surface area contributed by atoms with Crippen molar-refractivity contribution in [3.05, 3.63) is 12.0 Å². The number of aryl methyl sites for hydroxylation is 1. The molecule has 1 aliphatic rings. The van der Waals surface area contributed by atoms with Crippen molar-refractivity contribution in [1.82, 2.24) is 29.9 Å². The predicted molar refractivity (Wildman–Crippen MR) is 66.7 cm³/mol. The van der Waals surface area contributed by atoms with Crippen LogP contribution in [-0.4, -0.2) is 49.5 Å². The highest BCUT2D eigenvalue weighted by Gasteiger charge is 2.29. The van der Waals surface area contributed by atoms with Crippen molar-refractivity contribution in [1.29, 1.82) is 0 Å². The zero-order valence-corrected chi connectivity index (χ0v) is 10.6. The minimum absolute atomic E-state index is 0.217. The largest absolute Gasteiger partial charge is 0.328 e. The molecule has 18 heavy (non-hydrogen) atoms. The van der Waals surface area contributed by atoms with Crippen LogP contribution in [0.2, 0.25) is 0 Å². The van der Waals surface area contributed by atoms with Gasteiger partial charge >= 0.3 is 0 Å². The van der Waals surface area contributed by atoms with E-state index >= 15 is 0 Å². The highest BCUT2D eigenvalue weighted by atomic mass is 15.3. The Morgan fingerprint density at radius 2 is 2.22 bits per heavy atom. The van der Waals surface area contributed by atoms with Gasteiger partial charge in [-0.2, -0.15) is 5.10 Å². The van der Waals surface area contributed by atoms with E-state index in [9.17, 15) is 0 Å². The molecular formula is C11H17N7. The maximum atomic E-state index is 6.07. The van der Waals surface area contributed by atoms with Gasteiger partial charge in [-0.05, 0) is 26.4 Å². The van der Waals surface area contributed by atoms with Gasteiger partial charge < -0.3 is 5.73 Å². The van der Waals surface area contributed by atoms with Crippen LogP contribution >= 0.6 is 0 Å². The van der Waals surface area contributed by atoms with E-state index in [0.717, 1.165) is 36.2 Å². The molecule has 0 aliphatic carbocycles. The maximum Gasteiger partial charge on any atom is 0.199 e. The van der Waals surface area contributed by atoms with Crippen molar-refractivity contribution in [2.24, 2.45) is 12.8 Å². The van der Waals surface area contributed by atoms with E-state index in [0.29, 0.717) is 0 Å². The van der Waals surface area contributed by atoms with Gasteiger partial charge in [-0.25, -0.2) is 9.67 Å². The van der Waals surface area contributed by atoms with Crippen LogP contribution in [0.15, 0.2) is 6.33 Å². The highest BCUT2D eigenvalue weighted by Crippen LogP contribution is 2.31. The first-order chi connectivity index (χ1) is 8.66. The average Bonchev–Trinajstić information content (AvgIpc) is 2.71. The molecule has 2 atom stereocenters. The van der Waals surface area contributed by atoms with Crippen LogP contribution in [0.5, 0.6) is 0 Å². The number of nitrogens with two attached hydrogens (primary N) is 1. The van der Waals surface area contributed by atoms with E-state index in [1.165, 1.54) is 6.33 Å². The lowest BCUT2D eigenvalue weighted by molar-refractivity contribution is 0.168. The number of hydrogen-bond donors (Lipinski definition) is 1. The Kier molecular flexibility index (Phi) is 2.71. The highest BCUT2D eigenvalue weighted by molar-refractivity contribution is 5.73. The van der Waals surface area contributed by atoms with E-state index in [1.807, 2.05) is 7.05 Å². The molecule has 0 radical (unpaired) electrons. The fourth-order valence-electron chi connectivity index (χ4n) is 2.58. The Hall–Kier alpha value is -1.60. The Labute approximate surface area is 105 Å². The number of nitrogens with zero attached hydrogens (tertiary/aromatic N) is 6. The third-order valence-corrected chi connectivity index (χ3v) is 3.64. The minimum Gasteiger partial charge on any atom is -0.328 e. The Bertz CT molecular complexity index is 564. The summed E-state index contributed by atoms with van der Waals surface area (Å²) >= 11 is 0. The topological polar surface area (TPSA) is 85.8 Å². The fraction of sp³-hybridized carbons (Fsp3) is 0.636. The molecule has 2 N–H and O–H groups in total. The zero-order valence-electron chi connectivity index (χ0n) is 10.6. The number of piperidine rings is 1. The molecule has 0 bridgehead atoms. The molecule has 0 spiro atoms. The normalized spacial score (nSPS) is 25.7. The summed E-state index contributed by atoms with van der Waals surface area (Å²) in [4.78, 5) is 6.60. The van der Waals surface area contributed by atoms with Crippen molar-refractivity contribution in [3.63, 3.8) is 0 Å². The Morgan fingerprint density at radius 3 is 3.06 bits per heavy atom. The van der Waals surface area contributed by atoms with Gasteiger partial charge in [0.25, 0.3) is 0 Å². The molecule has 1 aliphatic heterocycles. The summed E-state index contributed by atoms with van der Waals surface area (Å²) in [6.45, 7) is 0.989. The summed E-state index contributed by atoms with van der Waals surface area (Å²) in [5, 5.41) is 12.4. The fourth-order valence-corrected chi connectivity index (χ4v) is 2.58. The number of rotatable bonds is 1. The standard InChI is InChI=1S/C11H17N7/c1-17-4-3-7(12)5-8(17)9-10-11(18(2)16-9)15-14-6-13-10/h6-8H,3-5,12H2,1-2H3.